The summed E-state index contributed by atoms with van der Waals surface area (Å²) in [4.78, 5) is 38.5. The number of Topliss-reactive ketones (excluding diaryl/α,β-unsaturated/α-hetero) is 2. The summed E-state index contributed by atoms with van der Waals surface area (Å²) >= 11 is 6.28. The van der Waals surface area contributed by atoms with Crippen LogP contribution in [0.4, 0.5) is 0 Å². The number of aromatic nitrogens is 1. The van der Waals surface area contributed by atoms with Crippen molar-refractivity contribution in [3.63, 3.8) is 0 Å². The zero-order valence-corrected chi connectivity index (χ0v) is 20.0. The van der Waals surface area contributed by atoms with Crippen molar-refractivity contribution in [3.8, 4) is 22.8 Å². The van der Waals surface area contributed by atoms with E-state index in [1.165, 1.54) is 19.3 Å². The lowest BCUT2D eigenvalue weighted by molar-refractivity contribution is 0.0728. The SMILES string of the molecule is COc1cc(C=C2C(=O)c3ccccc3C2=O)ccc1OC(=O)c1c(-c2ccccc2Cl)noc1C. The van der Waals surface area contributed by atoms with Gasteiger partial charge in [0.2, 0.25) is 0 Å². The van der Waals surface area contributed by atoms with E-state index in [4.69, 9.17) is 25.6 Å². The number of ether oxygens (including phenoxy) is 2. The molecule has 0 unspecified atom stereocenters. The van der Waals surface area contributed by atoms with Gasteiger partial charge in [-0.1, -0.05) is 65.3 Å². The Balaban J connectivity index is 1.44. The van der Waals surface area contributed by atoms with E-state index in [2.05, 4.69) is 5.16 Å². The number of hydrogen-bond acceptors (Lipinski definition) is 7. The second kappa shape index (κ2) is 9.28. The fourth-order valence-corrected chi connectivity index (χ4v) is 4.25. The number of aryl methyl sites for hydroxylation is 1. The van der Waals surface area contributed by atoms with Crippen LogP contribution in [0.1, 0.15) is 42.4 Å². The van der Waals surface area contributed by atoms with Crippen molar-refractivity contribution >= 4 is 35.2 Å². The van der Waals surface area contributed by atoms with Crippen LogP contribution in [0, 0.1) is 6.92 Å². The Kier molecular flexibility index (Phi) is 6.00. The molecule has 178 valence electrons. The molecular weight excluding hydrogens is 482 g/mol. The quantitative estimate of drug-likeness (QED) is 0.144. The highest BCUT2D eigenvalue weighted by molar-refractivity contribution is 6.41. The van der Waals surface area contributed by atoms with Crippen molar-refractivity contribution in [1.82, 2.24) is 5.16 Å². The highest BCUT2D eigenvalue weighted by atomic mass is 35.5. The normalized spacial score (nSPS) is 12.5. The molecule has 36 heavy (non-hydrogen) atoms. The van der Waals surface area contributed by atoms with E-state index in [0.717, 1.165) is 0 Å². The molecular formula is C28H18ClNO6. The van der Waals surface area contributed by atoms with E-state index >= 15 is 0 Å². The number of nitrogens with zero attached hydrogens (tertiary/aromatic N) is 1. The van der Waals surface area contributed by atoms with Gasteiger partial charge < -0.3 is 14.0 Å². The molecule has 3 aromatic carbocycles. The van der Waals surface area contributed by atoms with Crippen molar-refractivity contribution < 1.29 is 28.4 Å². The number of allylic oxidation sites excluding steroid dienone is 1. The van der Waals surface area contributed by atoms with E-state index in [0.29, 0.717) is 27.3 Å². The molecule has 0 atom stereocenters. The van der Waals surface area contributed by atoms with Crippen LogP contribution in [-0.2, 0) is 0 Å². The van der Waals surface area contributed by atoms with Crippen molar-refractivity contribution in [1.29, 1.82) is 0 Å². The number of carbonyl (C=O) groups is 3. The minimum absolute atomic E-state index is 0.0625. The minimum atomic E-state index is -0.704. The molecule has 7 nitrogen and oxygen atoms in total. The first kappa shape index (κ1) is 23.3. The van der Waals surface area contributed by atoms with Gasteiger partial charge in [-0.3, -0.25) is 9.59 Å². The van der Waals surface area contributed by atoms with Crippen LogP contribution < -0.4 is 9.47 Å². The van der Waals surface area contributed by atoms with Gasteiger partial charge in [-0.15, -0.1) is 0 Å². The molecule has 1 aromatic heterocycles. The molecule has 0 amide bonds. The summed E-state index contributed by atoms with van der Waals surface area (Å²) in [5.74, 6) is -0.720. The number of fused-ring (bicyclic) bond motifs is 1. The van der Waals surface area contributed by atoms with Gasteiger partial charge in [-0.05, 0) is 36.8 Å². The predicted molar refractivity (Wildman–Crippen MR) is 133 cm³/mol. The second-order valence-corrected chi connectivity index (χ2v) is 8.41. The highest BCUT2D eigenvalue weighted by Gasteiger charge is 2.32. The molecule has 8 heteroatoms. The largest absolute Gasteiger partial charge is 0.493 e. The Hall–Kier alpha value is -4.49. The molecule has 4 aromatic rings. The van der Waals surface area contributed by atoms with Crippen LogP contribution in [0.2, 0.25) is 5.02 Å². The van der Waals surface area contributed by atoms with Gasteiger partial charge in [0.15, 0.2) is 23.1 Å². The number of ketones is 2. The van der Waals surface area contributed by atoms with Crippen molar-refractivity contribution in [2.75, 3.05) is 7.11 Å². The van der Waals surface area contributed by atoms with Crippen LogP contribution in [-0.4, -0.2) is 29.8 Å². The molecule has 1 aliphatic carbocycles. The summed E-state index contributed by atoms with van der Waals surface area (Å²) < 4.78 is 16.3. The standard InChI is InChI=1S/C28H18ClNO6/c1-15-24(25(30-36-15)19-9-5-6-10-21(19)29)28(33)35-22-12-11-16(14-23(22)34-2)13-20-26(31)17-7-3-4-8-18(17)27(20)32/h3-14H,1-2H3. The number of halogens is 1. The van der Waals surface area contributed by atoms with E-state index in [1.54, 1.807) is 67.6 Å². The van der Waals surface area contributed by atoms with Gasteiger partial charge in [0.1, 0.15) is 17.0 Å². The molecule has 1 heterocycles. The van der Waals surface area contributed by atoms with Gasteiger partial charge in [0.05, 0.1) is 17.7 Å². The summed E-state index contributed by atoms with van der Waals surface area (Å²) in [5.41, 5.74) is 2.29. The lowest BCUT2D eigenvalue weighted by Gasteiger charge is -2.11. The van der Waals surface area contributed by atoms with Crippen molar-refractivity contribution in [2.24, 2.45) is 0 Å². The van der Waals surface area contributed by atoms with E-state index in [9.17, 15) is 14.4 Å². The van der Waals surface area contributed by atoms with E-state index < -0.39 is 5.97 Å². The lowest BCUT2D eigenvalue weighted by Crippen LogP contribution is -2.11. The average Bonchev–Trinajstić information content (AvgIpc) is 3.38. The Morgan fingerprint density at radius 1 is 0.917 bits per heavy atom. The minimum Gasteiger partial charge on any atom is -0.493 e. The molecule has 0 saturated carbocycles. The molecule has 1 aliphatic rings. The summed E-state index contributed by atoms with van der Waals surface area (Å²) in [6.07, 6.45) is 1.50. The number of methoxy groups -OCH3 is 1. The fraction of sp³-hybridized carbons (Fsp3) is 0.0714. The molecule has 5 rings (SSSR count). The van der Waals surface area contributed by atoms with Crippen LogP contribution in [0.25, 0.3) is 17.3 Å². The molecule has 0 N–H and O–H groups in total. The number of rotatable bonds is 5. The Bertz CT molecular complexity index is 1550. The fourth-order valence-electron chi connectivity index (χ4n) is 4.03. The molecule has 0 saturated heterocycles. The first-order chi connectivity index (χ1) is 17.4. The third-order valence-corrected chi connectivity index (χ3v) is 6.13. The summed E-state index contributed by atoms with van der Waals surface area (Å²) in [6.45, 7) is 1.60. The Morgan fingerprint density at radius 2 is 1.56 bits per heavy atom. The Labute approximate surface area is 210 Å². The van der Waals surface area contributed by atoms with Crippen LogP contribution in [0.15, 0.2) is 76.8 Å². The first-order valence-electron chi connectivity index (χ1n) is 10.9. The topological polar surface area (TPSA) is 95.7 Å². The third-order valence-electron chi connectivity index (χ3n) is 5.80. The summed E-state index contributed by atoms with van der Waals surface area (Å²) in [7, 11) is 1.42. The monoisotopic (exact) mass is 499 g/mol. The van der Waals surface area contributed by atoms with Crippen molar-refractivity contribution in [2.45, 2.75) is 6.92 Å². The molecule has 0 spiro atoms. The molecule has 0 fully saturated rings. The van der Waals surface area contributed by atoms with E-state index in [-0.39, 0.29) is 45.7 Å². The molecule has 0 aliphatic heterocycles. The Morgan fingerprint density at radius 3 is 2.19 bits per heavy atom. The smallest absolute Gasteiger partial charge is 0.349 e. The third kappa shape index (κ3) is 3.99. The molecule has 0 radical (unpaired) electrons. The predicted octanol–water partition coefficient (Wildman–Crippen LogP) is 5.99. The van der Waals surface area contributed by atoms with Gasteiger partial charge in [-0.2, -0.15) is 0 Å². The summed E-state index contributed by atoms with van der Waals surface area (Å²) in [5, 5.41) is 4.40. The zero-order valence-electron chi connectivity index (χ0n) is 19.2. The average molecular weight is 500 g/mol. The van der Waals surface area contributed by atoms with Crippen LogP contribution in [0.5, 0.6) is 11.5 Å². The van der Waals surface area contributed by atoms with E-state index in [1.807, 2.05) is 0 Å². The maximum absolute atomic E-state index is 13.1. The first-order valence-corrected chi connectivity index (χ1v) is 11.3. The van der Waals surface area contributed by atoms with Gasteiger partial charge in [0.25, 0.3) is 0 Å². The maximum Gasteiger partial charge on any atom is 0.349 e. The number of esters is 1. The number of carbonyl (C=O) groups excluding carboxylic acids is 3. The zero-order chi connectivity index (χ0) is 25.4. The van der Waals surface area contributed by atoms with Gasteiger partial charge in [0, 0.05) is 16.7 Å². The lowest BCUT2D eigenvalue weighted by atomic mass is 10.1. The van der Waals surface area contributed by atoms with Crippen LogP contribution >= 0.6 is 11.6 Å². The van der Waals surface area contributed by atoms with Gasteiger partial charge in [-0.25, -0.2) is 4.79 Å². The van der Waals surface area contributed by atoms with Gasteiger partial charge >= 0.3 is 5.97 Å². The second-order valence-electron chi connectivity index (χ2n) is 8.00. The summed E-state index contributed by atoms with van der Waals surface area (Å²) in [6, 6.07) is 18.4. The van der Waals surface area contributed by atoms with Crippen LogP contribution in [0.3, 0.4) is 0 Å². The molecule has 0 bridgehead atoms. The number of benzene rings is 3. The number of hydrogen-bond donors (Lipinski definition) is 0. The van der Waals surface area contributed by atoms with Crippen molar-refractivity contribution in [3.05, 3.63) is 105 Å². The maximum atomic E-state index is 13.1. The highest BCUT2D eigenvalue weighted by Crippen LogP contribution is 2.35.